The molecule has 0 radical (unpaired) electrons. The van der Waals surface area contributed by atoms with Crippen LogP contribution in [0.1, 0.15) is 66.4 Å². The normalized spacial score (nSPS) is 27.0. The lowest BCUT2D eigenvalue weighted by Crippen LogP contribution is -2.46. The Morgan fingerprint density at radius 1 is 1.00 bits per heavy atom. The molecule has 0 bridgehead atoms. The van der Waals surface area contributed by atoms with Crippen LogP contribution in [0.2, 0.25) is 0 Å². The molecule has 1 aliphatic heterocycles. The summed E-state index contributed by atoms with van der Waals surface area (Å²) in [6, 6.07) is 6.44. The number of fused-ring (bicyclic) bond motifs is 1. The van der Waals surface area contributed by atoms with Crippen LogP contribution in [-0.4, -0.2) is 23.9 Å². The topological polar surface area (TPSA) is 20.3 Å². The van der Waals surface area contributed by atoms with Crippen molar-refractivity contribution < 1.29 is 4.79 Å². The monoisotopic (exact) mass is 309 g/mol. The zero-order valence-corrected chi connectivity index (χ0v) is 14.0. The van der Waals surface area contributed by atoms with Crippen molar-refractivity contribution in [2.45, 2.75) is 57.8 Å². The second-order valence-electron chi connectivity index (χ2n) is 7.74. The smallest absolute Gasteiger partial charge is 0.253 e. The third kappa shape index (κ3) is 2.96. The van der Waals surface area contributed by atoms with Gasteiger partial charge in [0.1, 0.15) is 0 Å². The van der Waals surface area contributed by atoms with Gasteiger partial charge in [0, 0.05) is 18.7 Å². The standard InChI is InChI=1S/C21H27NO/c23-20(19-10-9-17-7-2-3-8-18(17)15-19)22-14-6-13-21(16-22)11-4-1-5-12-21/h1,4,9-10,15H,2-3,5-8,11-14,16H2/t21-/m0/s1. The fraction of sp³-hybridized carbons (Fsp3) is 0.571. The minimum absolute atomic E-state index is 0.256. The Labute approximate surface area is 139 Å². The summed E-state index contributed by atoms with van der Waals surface area (Å²) >= 11 is 0. The predicted molar refractivity (Wildman–Crippen MR) is 93.6 cm³/mol. The first-order chi connectivity index (χ1) is 11.3. The summed E-state index contributed by atoms with van der Waals surface area (Å²) in [4.78, 5) is 15.2. The first kappa shape index (κ1) is 15.0. The van der Waals surface area contributed by atoms with Gasteiger partial charge in [-0.05, 0) is 86.5 Å². The van der Waals surface area contributed by atoms with Crippen molar-refractivity contribution >= 4 is 5.91 Å². The van der Waals surface area contributed by atoms with E-state index < -0.39 is 0 Å². The van der Waals surface area contributed by atoms with E-state index in [2.05, 4.69) is 35.3 Å². The molecule has 1 amide bonds. The van der Waals surface area contributed by atoms with Gasteiger partial charge in [0.15, 0.2) is 0 Å². The van der Waals surface area contributed by atoms with E-state index in [1.165, 1.54) is 49.7 Å². The van der Waals surface area contributed by atoms with E-state index in [1.54, 1.807) is 0 Å². The van der Waals surface area contributed by atoms with E-state index in [9.17, 15) is 4.79 Å². The van der Waals surface area contributed by atoms with E-state index in [0.717, 1.165) is 37.9 Å². The summed E-state index contributed by atoms with van der Waals surface area (Å²) in [5, 5.41) is 0. The van der Waals surface area contributed by atoms with Gasteiger partial charge < -0.3 is 4.90 Å². The third-order valence-electron chi connectivity index (χ3n) is 6.10. The number of hydrogen-bond acceptors (Lipinski definition) is 1. The number of benzene rings is 1. The Hall–Kier alpha value is -1.57. The third-order valence-corrected chi connectivity index (χ3v) is 6.10. The van der Waals surface area contributed by atoms with Crippen molar-refractivity contribution in [3.8, 4) is 0 Å². The van der Waals surface area contributed by atoms with Gasteiger partial charge >= 0.3 is 0 Å². The van der Waals surface area contributed by atoms with Gasteiger partial charge in [-0.25, -0.2) is 0 Å². The number of piperidine rings is 1. The zero-order chi connectivity index (χ0) is 15.7. The van der Waals surface area contributed by atoms with Crippen molar-refractivity contribution in [2.24, 2.45) is 5.41 Å². The van der Waals surface area contributed by atoms with E-state index in [0.29, 0.717) is 5.41 Å². The Bertz CT molecular complexity index is 633. The van der Waals surface area contributed by atoms with Gasteiger partial charge in [-0.15, -0.1) is 0 Å². The zero-order valence-electron chi connectivity index (χ0n) is 14.0. The molecule has 3 aliphatic rings. The van der Waals surface area contributed by atoms with Crippen molar-refractivity contribution in [3.63, 3.8) is 0 Å². The molecule has 1 atom stereocenters. The highest BCUT2D eigenvalue weighted by Crippen LogP contribution is 2.41. The molecule has 0 unspecified atom stereocenters. The number of nitrogens with zero attached hydrogens (tertiary/aromatic N) is 1. The maximum absolute atomic E-state index is 13.0. The number of carbonyl (C=O) groups excluding carboxylic acids is 1. The molecule has 1 spiro atoms. The maximum Gasteiger partial charge on any atom is 0.253 e. The summed E-state index contributed by atoms with van der Waals surface area (Å²) in [6.07, 6.45) is 15.5. The van der Waals surface area contributed by atoms with Crippen LogP contribution in [0.4, 0.5) is 0 Å². The predicted octanol–water partition coefficient (Wildman–Crippen LogP) is 4.53. The summed E-state index contributed by atoms with van der Waals surface area (Å²) in [6.45, 7) is 1.88. The lowest BCUT2D eigenvalue weighted by Gasteiger charge is -2.44. The van der Waals surface area contributed by atoms with Gasteiger partial charge in [0.25, 0.3) is 5.91 Å². The molecule has 2 nitrogen and oxygen atoms in total. The summed E-state index contributed by atoms with van der Waals surface area (Å²) in [5.41, 5.74) is 4.14. The quantitative estimate of drug-likeness (QED) is 0.698. The number of rotatable bonds is 1. The highest BCUT2D eigenvalue weighted by molar-refractivity contribution is 5.94. The van der Waals surface area contributed by atoms with Crippen LogP contribution in [0.3, 0.4) is 0 Å². The average molecular weight is 309 g/mol. The molecule has 0 saturated carbocycles. The molecule has 23 heavy (non-hydrogen) atoms. The van der Waals surface area contributed by atoms with Gasteiger partial charge in [0.2, 0.25) is 0 Å². The van der Waals surface area contributed by atoms with Crippen LogP contribution in [0.5, 0.6) is 0 Å². The van der Waals surface area contributed by atoms with Crippen LogP contribution in [0.15, 0.2) is 30.4 Å². The highest BCUT2D eigenvalue weighted by Gasteiger charge is 2.37. The summed E-state index contributed by atoms with van der Waals surface area (Å²) in [5.74, 6) is 0.256. The minimum atomic E-state index is 0.256. The van der Waals surface area contributed by atoms with Gasteiger partial charge in [-0.3, -0.25) is 4.79 Å². The van der Waals surface area contributed by atoms with Gasteiger partial charge in [0.05, 0.1) is 0 Å². The molecule has 1 saturated heterocycles. The van der Waals surface area contributed by atoms with Gasteiger partial charge in [-0.2, -0.15) is 0 Å². The molecule has 4 rings (SSSR count). The van der Waals surface area contributed by atoms with E-state index >= 15 is 0 Å². The molecular formula is C21H27NO. The molecular weight excluding hydrogens is 282 g/mol. The lowest BCUT2D eigenvalue weighted by molar-refractivity contribution is 0.0484. The number of amides is 1. The van der Waals surface area contributed by atoms with Gasteiger partial charge in [-0.1, -0.05) is 18.2 Å². The molecule has 122 valence electrons. The number of likely N-dealkylation sites (tertiary alicyclic amines) is 1. The molecule has 1 fully saturated rings. The Kier molecular flexibility index (Phi) is 4.00. The molecule has 0 aromatic heterocycles. The summed E-state index contributed by atoms with van der Waals surface area (Å²) in [7, 11) is 0. The number of allylic oxidation sites excluding steroid dienone is 2. The number of carbonyl (C=O) groups is 1. The van der Waals surface area contributed by atoms with Crippen LogP contribution < -0.4 is 0 Å². The van der Waals surface area contributed by atoms with E-state index in [4.69, 9.17) is 0 Å². The molecule has 1 heterocycles. The van der Waals surface area contributed by atoms with Crippen molar-refractivity contribution in [1.82, 2.24) is 4.90 Å². The Morgan fingerprint density at radius 2 is 1.87 bits per heavy atom. The number of aryl methyl sites for hydroxylation is 2. The SMILES string of the molecule is O=C(c1ccc2c(c1)CCCC2)N1CCC[C@@]2(CC=CCC2)C1. The average Bonchev–Trinajstić information content (AvgIpc) is 2.61. The first-order valence-electron chi connectivity index (χ1n) is 9.32. The number of hydrogen-bond donors (Lipinski definition) is 0. The second-order valence-corrected chi connectivity index (χ2v) is 7.74. The maximum atomic E-state index is 13.0. The Balaban J connectivity index is 1.53. The summed E-state index contributed by atoms with van der Waals surface area (Å²) < 4.78 is 0. The van der Waals surface area contributed by atoms with Crippen molar-refractivity contribution in [3.05, 3.63) is 47.0 Å². The molecule has 0 N–H and O–H groups in total. The molecule has 2 heteroatoms. The molecule has 2 aliphatic carbocycles. The van der Waals surface area contributed by atoms with Crippen LogP contribution in [-0.2, 0) is 12.8 Å². The fourth-order valence-electron chi connectivity index (χ4n) is 4.74. The van der Waals surface area contributed by atoms with Crippen molar-refractivity contribution in [2.75, 3.05) is 13.1 Å². The van der Waals surface area contributed by atoms with E-state index in [-0.39, 0.29) is 5.91 Å². The van der Waals surface area contributed by atoms with Crippen LogP contribution >= 0.6 is 0 Å². The minimum Gasteiger partial charge on any atom is -0.338 e. The van der Waals surface area contributed by atoms with Crippen molar-refractivity contribution in [1.29, 1.82) is 0 Å². The largest absolute Gasteiger partial charge is 0.338 e. The fourth-order valence-corrected chi connectivity index (χ4v) is 4.74. The lowest BCUT2D eigenvalue weighted by atomic mass is 9.71. The van der Waals surface area contributed by atoms with E-state index in [1.807, 2.05) is 0 Å². The van der Waals surface area contributed by atoms with Crippen LogP contribution in [0, 0.1) is 5.41 Å². The van der Waals surface area contributed by atoms with Crippen LogP contribution in [0.25, 0.3) is 0 Å². The first-order valence-corrected chi connectivity index (χ1v) is 9.32. The molecule has 1 aromatic rings. The molecule has 1 aromatic carbocycles. The Morgan fingerprint density at radius 3 is 2.70 bits per heavy atom. The highest BCUT2D eigenvalue weighted by atomic mass is 16.2. The second kappa shape index (κ2) is 6.14.